The monoisotopic (exact) mass is 285 g/mol. The Morgan fingerprint density at radius 3 is 2.23 bits per heavy atom. The molecule has 0 aliphatic rings. The van der Waals surface area contributed by atoms with E-state index in [0.29, 0.717) is 5.56 Å². The third-order valence-electron chi connectivity index (χ3n) is 3.39. The first-order valence-electron chi connectivity index (χ1n) is 7.11. The van der Waals surface area contributed by atoms with E-state index in [2.05, 4.69) is 29.2 Å². The molecule has 1 aromatic heterocycles. The summed E-state index contributed by atoms with van der Waals surface area (Å²) in [7, 11) is 0. The summed E-state index contributed by atoms with van der Waals surface area (Å²) in [4.78, 5) is 15.9. The SMILES string of the molecule is O=C(C=Cc1ccc(-c2ccccc2)cc1)c1cccnc1. The van der Waals surface area contributed by atoms with Crippen LogP contribution in [0.2, 0.25) is 0 Å². The van der Waals surface area contributed by atoms with Crippen molar-refractivity contribution in [3.63, 3.8) is 0 Å². The van der Waals surface area contributed by atoms with Crippen LogP contribution < -0.4 is 0 Å². The van der Waals surface area contributed by atoms with Gasteiger partial charge < -0.3 is 0 Å². The van der Waals surface area contributed by atoms with Crippen molar-refractivity contribution < 1.29 is 4.79 Å². The van der Waals surface area contributed by atoms with Crippen LogP contribution >= 0.6 is 0 Å². The first kappa shape index (κ1) is 14.0. The third-order valence-corrected chi connectivity index (χ3v) is 3.39. The summed E-state index contributed by atoms with van der Waals surface area (Å²) in [6, 6.07) is 21.9. The first-order chi connectivity index (χ1) is 10.8. The van der Waals surface area contributed by atoms with Gasteiger partial charge in [-0.15, -0.1) is 0 Å². The van der Waals surface area contributed by atoms with E-state index < -0.39 is 0 Å². The Hall–Kier alpha value is -3.00. The minimum Gasteiger partial charge on any atom is -0.289 e. The van der Waals surface area contributed by atoms with E-state index in [-0.39, 0.29) is 5.78 Å². The Balaban J connectivity index is 1.74. The Bertz CT molecular complexity index is 775. The standard InChI is InChI=1S/C20H15NO/c22-20(19-7-4-14-21-15-19)13-10-16-8-11-18(12-9-16)17-5-2-1-3-6-17/h1-15H. The van der Waals surface area contributed by atoms with Crippen LogP contribution in [-0.4, -0.2) is 10.8 Å². The van der Waals surface area contributed by atoms with Gasteiger partial charge in [0.15, 0.2) is 5.78 Å². The Morgan fingerprint density at radius 2 is 1.55 bits per heavy atom. The van der Waals surface area contributed by atoms with Gasteiger partial charge >= 0.3 is 0 Å². The Morgan fingerprint density at radius 1 is 0.818 bits per heavy atom. The molecule has 0 aliphatic carbocycles. The molecule has 3 aromatic rings. The molecule has 0 unspecified atom stereocenters. The molecule has 0 N–H and O–H groups in total. The normalized spacial score (nSPS) is 10.7. The van der Waals surface area contributed by atoms with Gasteiger partial charge in [0.2, 0.25) is 0 Å². The molecule has 2 heteroatoms. The van der Waals surface area contributed by atoms with Crippen LogP contribution in [0.25, 0.3) is 17.2 Å². The summed E-state index contributed by atoms with van der Waals surface area (Å²) in [6.45, 7) is 0. The molecule has 3 rings (SSSR count). The fourth-order valence-corrected chi connectivity index (χ4v) is 2.19. The number of pyridine rings is 1. The number of nitrogens with zero attached hydrogens (tertiary/aromatic N) is 1. The second kappa shape index (κ2) is 6.64. The van der Waals surface area contributed by atoms with Gasteiger partial charge in [0.1, 0.15) is 0 Å². The van der Waals surface area contributed by atoms with Crippen molar-refractivity contribution in [3.8, 4) is 11.1 Å². The molecule has 0 aliphatic heterocycles. The number of aromatic nitrogens is 1. The molecule has 0 radical (unpaired) electrons. The number of carbonyl (C=O) groups is 1. The summed E-state index contributed by atoms with van der Waals surface area (Å²) in [5.41, 5.74) is 3.94. The van der Waals surface area contributed by atoms with E-state index in [0.717, 1.165) is 11.1 Å². The van der Waals surface area contributed by atoms with E-state index in [9.17, 15) is 4.79 Å². The summed E-state index contributed by atoms with van der Waals surface area (Å²) in [5.74, 6) is -0.0414. The van der Waals surface area contributed by atoms with Crippen LogP contribution in [0.5, 0.6) is 0 Å². The minimum absolute atomic E-state index is 0.0414. The highest BCUT2D eigenvalue weighted by molar-refractivity contribution is 6.06. The van der Waals surface area contributed by atoms with Gasteiger partial charge in [0.05, 0.1) is 0 Å². The van der Waals surface area contributed by atoms with Gasteiger partial charge in [-0.3, -0.25) is 9.78 Å². The zero-order valence-electron chi connectivity index (χ0n) is 12.0. The van der Waals surface area contributed by atoms with Crippen molar-refractivity contribution >= 4 is 11.9 Å². The molecule has 2 nitrogen and oxygen atoms in total. The van der Waals surface area contributed by atoms with E-state index in [4.69, 9.17) is 0 Å². The zero-order valence-corrected chi connectivity index (χ0v) is 12.0. The number of rotatable bonds is 4. The van der Waals surface area contributed by atoms with Gasteiger partial charge in [-0.05, 0) is 34.9 Å². The number of carbonyl (C=O) groups excluding carboxylic acids is 1. The molecule has 0 bridgehead atoms. The van der Waals surface area contributed by atoms with Crippen molar-refractivity contribution in [2.24, 2.45) is 0 Å². The van der Waals surface area contributed by atoms with Crippen LogP contribution in [-0.2, 0) is 0 Å². The van der Waals surface area contributed by atoms with Gasteiger partial charge in [-0.1, -0.05) is 60.7 Å². The van der Waals surface area contributed by atoms with Gasteiger partial charge in [-0.2, -0.15) is 0 Å². The van der Waals surface area contributed by atoms with Crippen LogP contribution in [0, 0.1) is 0 Å². The number of allylic oxidation sites excluding steroid dienone is 1. The molecule has 0 saturated carbocycles. The topological polar surface area (TPSA) is 30.0 Å². The lowest BCUT2D eigenvalue weighted by Gasteiger charge is -2.01. The predicted molar refractivity (Wildman–Crippen MR) is 89.5 cm³/mol. The maximum absolute atomic E-state index is 12.0. The Kier molecular flexibility index (Phi) is 4.21. The molecule has 2 aromatic carbocycles. The first-order valence-corrected chi connectivity index (χ1v) is 7.11. The van der Waals surface area contributed by atoms with E-state index in [1.807, 2.05) is 36.4 Å². The molecule has 0 saturated heterocycles. The van der Waals surface area contributed by atoms with Crippen LogP contribution in [0.1, 0.15) is 15.9 Å². The van der Waals surface area contributed by atoms with Crippen molar-refractivity contribution in [1.82, 2.24) is 4.98 Å². The minimum atomic E-state index is -0.0414. The second-order valence-electron chi connectivity index (χ2n) is 4.93. The lowest BCUT2D eigenvalue weighted by atomic mass is 10.0. The molecule has 0 amide bonds. The summed E-state index contributed by atoms with van der Waals surface area (Å²) < 4.78 is 0. The van der Waals surface area contributed by atoms with E-state index in [1.54, 1.807) is 30.6 Å². The average molecular weight is 285 g/mol. The fourth-order valence-electron chi connectivity index (χ4n) is 2.19. The van der Waals surface area contributed by atoms with Gasteiger partial charge in [0, 0.05) is 18.0 Å². The summed E-state index contributed by atoms with van der Waals surface area (Å²) in [5, 5.41) is 0. The molecule has 22 heavy (non-hydrogen) atoms. The third kappa shape index (κ3) is 3.36. The smallest absolute Gasteiger partial charge is 0.187 e. The molecule has 0 fully saturated rings. The largest absolute Gasteiger partial charge is 0.289 e. The molecular weight excluding hydrogens is 270 g/mol. The van der Waals surface area contributed by atoms with Gasteiger partial charge in [-0.25, -0.2) is 0 Å². The second-order valence-corrected chi connectivity index (χ2v) is 4.93. The number of hydrogen-bond donors (Lipinski definition) is 0. The number of benzene rings is 2. The maximum Gasteiger partial charge on any atom is 0.187 e. The molecule has 0 atom stereocenters. The number of ketones is 1. The van der Waals surface area contributed by atoms with E-state index in [1.165, 1.54) is 5.56 Å². The lowest BCUT2D eigenvalue weighted by Crippen LogP contribution is -1.93. The maximum atomic E-state index is 12.0. The van der Waals surface area contributed by atoms with Gasteiger partial charge in [0.25, 0.3) is 0 Å². The highest BCUT2D eigenvalue weighted by Crippen LogP contribution is 2.19. The zero-order chi connectivity index (χ0) is 15.2. The van der Waals surface area contributed by atoms with Crippen molar-refractivity contribution in [3.05, 3.63) is 96.3 Å². The lowest BCUT2D eigenvalue weighted by molar-refractivity contribution is 0.104. The average Bonchev–Trinajstić information content (AvgIpc) is 2.61. The molecular formula is C20H15NO. The van der Waals surface area contributed by atoms with Crippen LogP contribution in [0.4, 0.5) is 0 Å². The summed E-state index contributed by atoms with van der Waals surface area (Å²) in [6.07, 6.45) is 6.63. The highest BCUT2D eigenvalue weighted by Gasteiger charge is 2.00. The van der Waals surface area contributed by atoms with Crippen molar-refractivity contribution in [2.45, 2.75) is 0 Å². The van der Waals surface area contributed by atoms with Crippen LogP contribution in [0.3, 0.4) is 0 Å². The van der Waals surface area contributed by atoms with Crippen molar-refractivity contribution in [2.75, 3.05) is 0 Å². The molecule has 1 heterocycles. The van der Waals surface area contributed by atoms with Crippen LogP contribution in [0.15, 0.2) is 85.2 Å². The Labute approximate surface area is 129 Å². The molecule has 0 spiro atoms. The molecule has 106 valence electrons. The predicted octanol–water partition coefficient (Wildman–Crippen LogP) is 4.64. The summed E-state index contributed by atoms with van der Waals surface area (Å²) >= 11 is 0. The quantitative estimate of drug-likeness (QED) is 0.516. The van der Waals surface area contributed by atoms with Crippen molar-refractivity contribution in [1.29, 1.82) is 0 Å². The highest BCUT2D eigenvalue weighted by atomic mass is 16.1. The number of hydrogen-bond acceptors (Lipinski definition) is 2. The van der Waals surface area contributed by atoms with E-state index >= 15 is 0 Å². The fraction of sp³-hybridized carbons (Fsp3) is 0.